The molecule has 4 aliphatic rings. The lowest BCUT2D eigenvalue weighted by Crippen LogP contribution is -2.70. The average molecular weight is 756 g/mol. The Kier molecular flexibility index (Phi) is 12.5. The van der Waals surface area contributed by atoms with Crippen molar-refractivity contribution >= 4 is 29.7 Å². The van der Waals surface area contributed by atoms with E-state index in [0.29, 0.717) is 37.0 Å². The normalized spacial score (nSPS) is 33.0. The van der Waals surface area contributed by atoms with Crippen LogP contribution in [0.25, 0.3) is 0 Å². The van der Waals surface area contributed by atoms with Crippen LogP contribution in [0.1, 0.15) is 97.5 Å². The number of rotatable bonds is 15. The van der Waals surface area contributed by atoms with E-state index < -0.39 is 82.7 Å². The maximum Gasteiger partial charge on any atom is 0.514 e. The molecule has 9 unspecified atom stereocenters. The Bertz CT molecular complexity index is 1660. The molecule has 0 aliphatic heterocycles. The first-order valence-corrected chi connectivity index (χ1v) is 19.2. The van der Waals surface area contributed by atoms with Crippen LogP contribution in [0.2, 0.25) is 0 Å². The minimum absolute atomic E-state index is 0.0486. The van der Waals surface area contributed by atoms with Gasteiger partial charge in [0.05, 0.1) is 12.7 Å². The van der Waals surface area contributed by atoms with E-state index in [1.165, 1.54) is 30.4 Å². The second-order valence-corrected chi connectivity index (χ2v) is 15.7. The average Bonchev–Trinajstić information content (AvgIpc) is 3.35. The lowest BCUT2D eigenvalue weighted by atomic mass is 9.44. The summed E-state index contributed by atoms with van der Waals surface area (Å²) in [5.74, 6) is -3.96. The highest BCUT2D eigenvalue weighted by Gasteiger charge is 2.78. The molecule has 5 rings (SSSR count). The molecule has 4 aliphatic carbocycles. The number of fused-ring (bicyclic) bond motifs is 5. The summed E-state index contributed by atoms with van der Waals surface area (Å²) < 4.78 is 39.4. The molecule has 0 radical (unpaired) electrons. The molecule has 3 saturated carbocycles. The molecule has 1 aromatic rings. The molecule has 54 heavy (non-hydrogen) atoms. The zero-order chi connectivity index (χ0) is 39.5. The molecule has 0 saturated heterocycles. The van der Waals surface area contributed by atoms with E-state index in [1.807, 2.05) is 13.8 Å². The number of ketones is 2. The maximum absolute atomic E-state index is 17.7. The largest absolute Gasteiger partial charge is 0.514 e. The van der Waals surface area contributed by atoms with Crippen LogP contribution in [0.4, 0.5) is 9.18 Å². The first-order chi connectivity index (χ1) is 25.6. The number of halogens is 1. The van der Waals surface area contributed by atoms with Crippen molar-refractivity contribution in [1.82, 2.24) is 0 Å². The Labute approximate surface area is 315 Å². The Morgan fingerprint density at radius 1 is 0.981 bits per heavy atom. The summed E-state index contributed by atoms with van der Waals surface area (Å²) in [7, 11) is 0. The number of ether oxygens (including phenoxy) is 4. The smallest absolute Gasteiger partial charge is 0.465 e. The van der Waals surface area contributed by atoms with Gasteiger partial charge in [-0.3, -0.25) is 19.2 Å². The van der Waals surface area contributed by atoms with E-state index in [4.69, 9.17) is 24.7 Å². The Hall–Kier alpha value is -3.94. The van der Waals surface area contributed by atoms with E-state index in [2.05, 4.69) is 0 Å². The Balaban J connectivity index is 1.31. The fourth-order valence-corrected chi connectivity index (χ4v) is 9.53. The van der Waals surface area contributed by atoms with Gasteiger partial charge in [0.1, 0.15) is 17.9 Å². The van der Waals surface area contributed by atoms with Gasteiger partial charge in [-0.15, -0.1) is 0 Å². The van der Waals surface area contributed by atoms with Crippen LogP contribution in [0.5, 0.6) is 5.75 Å². The zero-order valence-electron chi connectivity index (χ0n) is 31.6. The molecule has 0 spiro atoms. The first kappa shape index (κ1) is 41.2. The summed E-state index contributed by atoms with van der Waals surface area (Å²) in [6.07, 6.45) is 3.81. The lowest BCUT2D eigenvalue weighted by Gasteiger charge is -2.62. The number of benzene rings is 1. The molecule has 0 bridgehead atoms. The van der Waals surface area contributed by atoms with Gasteiger partial charge in [0.25, 0.3) is 0 Å². The number of carbonyl (C=O) groups excluding carboxylic acids is 5. The number of hydrogen-bond donors (Lipinski definition) is 3. The standard InChI is InChI=1S/C41H54FNO11/c1-5-7-9-19-51-36(49)31(43)20-25-11-14-28(15-12-25)53-37(50)52-24-34(47)41(54-35(48)10-8-6-2)32(45)22-30-29-16-13-26-21-27(44)17-18-38(26,3)40(29,42)33(46)23-39(30,41)4/h11-12,14-15,17-18,21,29-33,45-46H,5-10,13,16,19-20,22-24,43H2,1-4H3. The number of hydrogen-bond acceptors (Lipinski definition) is 12. The molecule has 13 heteroatoms. The van der Waals surface area contributed by atoms with Crippen LogP contribution >= 0.6 is 0 Å². The molecule has 0 amide bonds. The maximum atomic E-state index is 17.7. The van der Waals surface area contributed by atoms with Gasteiger partial charge >= 0.3 is 18.1 Å². The van der Waals surface area contributed by atoms with E-state index in [0.717, 1.165) is 19.3 Å². The van der Waals surface area contributed by atoms with Gasteiger partial charge in [-0.25, -0.2) is 9.18 Å². The van der Waals surface area contributed by atoms with Gasteiger partial charge < -0.3 is 34.9 Å². The van der Waals surface area contributed by atoms with Crippen LogP contribution in [-0.2, 0) is 39.8 Å². The fraction of sp³-hybridized carbons (Fsp3) is 0.634. The number of aliphatic hydroxyl groups excluding tert-OH is 2. The predicted octanol–water partition coefficient (Wildman–Crippen LogP) is 5.19. The second kappa shape index (κ2) is 16.4. The number of carbonyl (C=O) groups is 5. The monoisotopic (exact) mass is 755 g/mol. The highest BCUT2D eigenvalue weighted by atomic mass is 19.1. The molecule has 12 nitrogen and oxygen atoms in total. The summed E-state index contributed by atoms with van der Waals surface area (Å²) in [5, 5.41) is 23.5. The quantitative estimate of drug-likeness (QED) is 0.0922. The van der Waals surface area contributed by atoms with Crippen molar-refractivity contribution in [2.45, 2.75) is 128 Å². The van der Waals surface area contributed by atoms with E-state index in [-0.39, 0.29) is 43.6 Å². The second-order valence-electron chi connectivity index (χ2n) is 15.7. The topological polar surface area (TPSA) is 189 Å². The number of unbranched alkanes of at least 4 members (excludes halogenated alkanes) is 3. The number of esters is 2. The van der Waals surface area contributed by atoms with Gasteiger partial charge in [-0.05, 0) is 87.6 Å². The number of nitrogens with two attached hydrogens (primary N) is 1. The van der Waals surface area contributed by atoms with Crippen molar-refractivity contribution in [1.29, 1.82) is 0 Å². The van der Waals surface area contributed by atoms with Crippen LogP contribution < -0.4 is 10.5 Å². The minimum atomic E-state index is -2.27. The highest BCUT2D eigenvalue weighted by molar-refractivity contribution is 6.01. The SMILES string of the molecule is CCCCCOC(=O)C(N)Cc1ccc(OC(=O)OCC(=O)C2(OC(=O)CCCC)C(O)CC3C4CCC5=CC(=O)C=CC5(C)C4(F)C(O)CC32C)cc1. The summed E-state index contributed by atoms with van der Waals surface area (Å²) in [6.45, 7) is 6.56. The van der Waals surface area contributed by atoms with Gasteiger partial charge in [-0.2, -0.15) is 0 Å². The number of allylic oxidation sites excluding steroid dienone is 4. The van der Waals surface area contributed by atoms with Crippen molar-refractivity contribution in [2.24, 2.45) is 28.4 Å². The molecule has 1 aromatic carbocycles. The Morgan fingerprint density at radius 3 is 2.37 bits per heavy atom. The van der Waals surface area contributed by atoms with E-state index in [9.17, 15) is 34.2 Å². The highest BCUT2D eigenvalue weighted by Crippen LogP contribution is 2.70. The fourth-order valence-electron chi connectivity index (χ4n) is 9.53. The summed E-state index contributed by atoms with van der Waals surface area (Å²) in [5.41, 5.74) is -0.0121. The van der Waals surface area contributed by atoms with Crippen molar-refractivity contribution < 1.29 is 57.5 Å². The first-order valence-electron chi connectivity index (χ1n) is 19.2. The third-order valence-electron chi connectivity index (χ3n) is 12.4. The van der Waals surface area contributed by atoms with Crippen LogP contribution in [0.15, 0.2) is 48.1 Å². The summed E-state index contributed by atoms with van der Waals surface area (Å²) in [6, 6.07) is 5.29. The zero-order valence-corrected chi connectivity index (χ0v) is 31.6. The van der Waals surface area contributed by atoms with Gasteiger partial charge in [0.15, 0.2) is 18.1 Å². The number of Topliss-reactive ketones (excluding diaryl/α,β-unsaturated/α-hetero) is 1. The minimum Gasteiger partial charge on any atom is -0.465 e. The molecular formula is C41H54FNO11. The van der Waals surface area contributed by atoms with E-state index in [1.54, 1.807) is 26.0 Å². The van der Waals surface area contributed by atoms with Crippen molar-refractivity contribution in [3.8, 4) is 5.75 Å². The molecule has 9 atom stereocenters. The number of aliphatic hydroxyl groups is 2. The third kappa shape index (κ3) is 7.38. The summed E-state index contributed by atoms with van der Waals surface area (Å²) >= 11 is 0. The van der Waals surface area contributed by atoms with Gasteiger partial charge in [-0.1, -0.05) is 63.8 Å². The van der Waals surface area contributed by atoms with Gasteiger partial charge in [0, 0.05) is 23.2 Å². The molecule has 296 valence electrons. The third-order valence-corrected chi connectivity index (χ3v) is 12.4. The van der Waals surface area contributed by atoms with Crippen molar-refractivity contribution in [3.63, 3.8) is 0 Å². The van der Waals surface area contributed by atoms with E-state index >= 15 is 4.39 Å². The van der Waals surface area contributed by atoms with Crippen LogP contribution in [0, 0.1) is 22.7 Å². The molecule has 4 N–H and O–H groups in total. The number of alkyl halides is 1. The summed E-state index contributed by atoms with van der Waals surface area (Å²) in [4.78, 5) is 64.9. The molecular weight excluding hydrogens is 701 g/mol. The van der Waals surface area contributed by atoms with Crippen molar-refractivity contribution in [3.05, 3.63) is 53.6 Å². The Morgan fingerprint density at radius 2 is 1.69 bits per heavy atom. The van der Waals surface area contributed by atoms with Crippen LogP contribution in [-0.4, -0.2) is 82.6 Å². The van der Waals surface area contributed by atoms with Gasteiger partial charge in [0.2, 0.25) is 11.4 Å². The molecule has 0 heterocycles. The predicted molar refractivity (Wildman–Crippen MR) is 194 cm³/mol. The lowest BCUT2D eigenvalue weighted by molar-refractivity contribution is -0.231. The van der Waals surface area contributed by atoms with Crippen molar-refractivity contribution in [2.75, 3.05) is 13.2 Å². The molecule has 3 fully saturated rings. The molecule has 0 aromatic heterocycles. The van der Waals surface area contributed by atoms with Crippen LogP contribution in [0.3, 0.4) is 0 Å².